The summed E-state index contributed by atoms with van der Waals surface area (Å²) in [6.07, 6.45) is 0.916. The fraction of sp³-hybridized carbons (Fsp3) is 0.364. The molecule has 1 aromatic rings. The van der Waals surface area contributed by atoms with Crippen molar-refractivity contribution in [1.82, 2.24) is 0 Å². The summed E-state index contributed by atoms with van der Waals surface area (Å²) >= 11 is 3.33. The number of ketones is 1. The summed E-state index contributed by atoms with van der Waals surface area (Å²) in [5, 5.41) is 0. The number of benzene rings is 1. The molecule has 0 saturated heterocycles. The summed E-state index contributed by atoms with van der Waals surface area (Å²) in [7, 11) is 0. The number of rotatable bonds is 3. The monoisotopic (exact) mass is 255 g/mol. The van der Waals surface area contributed by atoms with Crippen LogP contribution in [0.4, 0.5) is 5.69 Å². The van der Waals surface area contributed by atoms with Crippen LogP contribution < -0.4 is 5.73 Å². The van der Waals surface area contributed by atoms with Crippen molar-refractivity contribution in [3.8, 4) is 0 Å². The summed E-state index contributed by atoms with van der Waals surface area (Å²) in [6.45, 7) is 3.62. The van der Waals surface area contributed by atoms with Crippen LogP contribution in [0.2, 0.25) is 0 Å². The van der Waals surface area contributed by atoms with Crippen molar-refractivity contribution in [3.05, 3.63) is 29.3 Å². The summed E-state index contributed by atoms with van der Waals surface area (Å²) in [5.74, 6) is 0.0913. The fourth-order valence-corrected chi connectivity index (χ4v) is 1.61. The van der Waals surface area contributed by atoms with Crippen LogP contribution in [0.25, 0.3) is 0 Å². The maximum absolute atomic E-state index is 11.1. The average molecular weight is 256 g/mol. The molecule has 1 rings (SSSR count). The second kappa shape index (κ2) is 4.60. The van der Waals surface area contributed by atoms with E-state index in [4.69, 9.17) is 5.73 Å². The van der Waals surface area contributed by atoms with Gasteiger partial charge in [-0.15, -0.1) is 0 Å². The molecule has 14 heavy (non-hydrogen) atoms. The lowest BCUT2D eigenvalue weighted by atomic mass is 10.0. The van der Waals surface area contributed by atoms with E-state index in [1.54, 1.807) is 6.92 Å². The Bertz CT molecular complexity index is 349. The first-order valence-electron chi connectivity index (χ1n) is 4.59. The average Bonchev–Trinajstić information content (AvgIpc) is 2.16. The zero-order valence-corrected chi connectivity index (χ0v) is 9.97. The highest BCUT2D eigenvalue weighted by molar-refractivity contribution is 9.09. The van der Waals surface area contributed by atoms with Crippen molar-refractivity contribution >= 4 is 27.4 Å². The van der Waals surface area contributed by atoms with Gasteiger partial charge < -0.3 is 5.73 Å². The minimum atomic E-state index is -0.240. The van der Waals surface area contributed by atoms with Gasteiger partial charge in [0.15, 0.2) is 0 Å². The van der Waals surface area contributed by atoms with Gasteiger partial charge in [-0.05, 0) is 30.5 Å². The van der Waals surface area contributed by atoms with Gasteiger partial charge >= 0.3 is 0 Å². The standard InChI is InChI=1S/C11H14BrNO/c1-3-8-4-5-9(6-10(8)13)11(12)7(2)14/h4-6,11H,3,13H2,1-2H3. The van der Waals surface area contributed by atoms with Gasteiger partial charge in [0.1, 0.15) is 5.78 Å². The molecule has 2 nitrogen and oxygen atoms in total. The maximum atomic E-state index is 11.1. The van der Waals surface area contributed by atoms with Gasteiger partial charge in [-0.2, -0.15) is 0 Å². The second-order valence-corrected chi connectivity index (χ2v) is 4.20. The molecule has 1 aromatic carbocycles. The number of alkyl halides is 1. The Kier molecular flexibility index (Phi) is 3.69. The van der Waals surface area contributed by atoms with Gasteiger partial charge in [-0.3, -0.25) is 4.79 Å². The van der Waals surface area contributed by atoms with E-state index in [-0.39, 0.29) is 10.6 Å². The molecule has 0 aliphatic rings. The number of halogens is 1. The molecule has 0 heterocycles. The third-order valence-electron chi connectivity index (χ3n) is 2.20. The zero-order chi connectivity index (χ0) is 10.7. The van der Waals surface area contributed by atoms with Crippen molar-refractivity contribution in [3.63, 3.8) is 0 Å². The third kappa shape index (κ3) is 2.35. The molecule has 0 aliphatic heterocycles. The Hall–Kier alpha value is -0.830. The van der Waals surface area contributed by atoms with Crippen LogP contribution in [0.5, 0.6) is 0 Å². The predicted molar refractivity (Wildman–Crippen MR) is 62.6 cm³/mol. The van der Waals surface area contributed by atoms with Crippen LogP contribution >= 0.6 is 15.9 Å². The lowest BCUT2D eigenvalue weighted by Gasteiger charge is -2.09. The van der Waals surface area contributed by atoms with Crippen LogP contribution in [-0.4, -0.2) is 5.78 Å². The van der Waals surface area contributed by atoms with Crippen LogP contribution in [0, 0.1) is 0 Å². The molecule has 0 radical (unpaired) electrons. The number of hydrogen-bond acceptors (Lipinski definition) is 2. The van der Waals surface area contributed by atoms with E-state index in [9.17, 15) is 4.79 Å². The topological polar surface area (TPSA) is 43.1 Å². The van der Waals surface area contributed by atoms with Gasteiger partial charge in [0.2, 0.25) is 0 Å². The summed E-state index contributed by atoms with van der Waals surface area (Å²) in [5.41, 5.74) is 8.64. The van der Waals surface area contributed by atoms with Gasteiger partial charge in [0, 0.05) is 5.69 Å². The predicted octanol–water partition coefficient (Wildman–Crippen LogP) is 2.86. The number of carbonyl (C=O) groups is 1. The van der Waals surface area contributed by atoms with Crippen molar-refractivity contribution in [2.75, 3.05) is 5.73 Å². The molecule has 0 amide bonds. The molecule has 0 saturated carbocycles. The van der Waals surface area contributed by atoms with Crippen LogP contribution in [-0.2, 0) is 11.2 Å². The fourth-order valence-electron chi connectivity index (χ4n) is 1.33. The largest absolute Gasteiger partial charge is 0.398 e. The van der Waals surface area contributed by atoms with E-state index < -0.39 is 0 Å². The molecular weight excluding hydrogens is 242 g/mol. The van der Waals surface area contributed by atoms with Crippen molar-refractivity contribution in [2.45, 2.75) is 25.1 Å². The van der Waals surface area contributed by atoms with E-state index >= 15 is 0 Å². The highest BCUT2D eigenvalue weighted by Crippen LogP contribution is 2.26. The Morgan fingerprint density at radius 1 is 1.57 bits per heavy atom. The second-order valence-electron chi connectivity index (χ2n) is 3.29. The number of nitrogens with two attached hydrogens (primary N) is 1. The first-order valence-corrected chi connectivity index (χ1v) is 5.50. The highest BCUT2D eigenvalue weighted by atomic mass is 79.9. The molecular formula is C11H14BrNO. The molecule has 1 atom stereocenters. The number of Topliss-reactive ketones (excluding diaryl/α,β-unsaturated/α-hetero) is 1. The smallest absolute Gasteiger partial charge is 0.147 e. The van der Waals surface area contributed by atoms with Crippen molar-refractivity contribution in [2.24, 2.45) is 0 Å². The Morgan fingerprint density at radius 3 is 2.64 bits per heavy atom. The number of aryl methyl sites for hydroxylation is 1. The van der Waals surface area contributed by atoms with Gasteiger partial charge in [0.05, 0.1) is 4.83 Å². The normalized spacial score (nSPS) is 12.5. The maximum Gasteiger partial charge on any atom is 0.147 e. The summed E-state index contributed by atoms with van der Waals surface area (Å²) in [6, 6.07) is 5.78. The van der Waals surface area contributed by atoms with Crippen molar-refractivity contribution in [1.29, 1.82) is 0 Å². The minimum absolute atomic E-state index is 0.0913. The van der Waals surface area contributed by atoms with Gasteiger partial charge in [0.25, 0.3) is 0 Å². The molecule has 0 aromatic heterocycles. The zero-order valence-electron chi connectivity index (χ0n) is 8.38. The lowest BCUT2D eigenvalue weighted by Crippen LogP contribution is -2.03. The molecule has 0 aliphatic carbocycles. The number of carbonyl (C=O) groups excluding carboxylic acids is 1. The van der Waals surface area contributed by atoms with Crippen molar-refractivity contribution < 1.29 is 4.79 Å². The number of nitrogen functional groups attached to an aromatic ring is 1. The molecule has 3 heteroatoms. The molecule has 0 bridgehead atoms. The summed E-state index contributed by atoms with van der Waals surface area (Å²) in [4.78, 5) is 10.9. The van der Waals surface area contributed by atoms with E-state index in [2.05, 4.69) is 22.9 Å². The quantitative estimate of drug-likeness (QED) is 0.667. The van der Waals surface area contributed by atoms with Crippen LogP contribution in [0.15, 0.2) is 18.2 Å². The van der Waals surface area contributed by atoms with Gasteiger partial charge in [-0.1, -0.05) is 35.0 Å². The van der Waals surface area contributed by atoms with Crippen LogP contribution in [0.1, 0.15) is 29.8 Å². The van der Waals surface area contributed by atoms with Gasteiger partial charge in [-0.25, -0.2) is 0 Å². The SMILES string of the molecule is CCc1ccc(C(Br)C(C)=O)cc1N. The minimum Gasteiger partial charge on any atom is -0.398 e. The van der Waals surface area contributed by atoms with Crippen LogP contribution in [0.3, 0.4) is 0 Å². The highest BCUT2D eigenvalue weighted by Gasteiger charge is 2.13. The molecule has 0 fully saturated rings. The molecule has 76 valence electrons. The molecule has 2 N–H and O–H groups in total. The Balaban J connectivity index is 3.02. The molecule has 0 spiro atoms. The van der Waals surface area contributed by atoms with E-state index in [1.807, 2.05) is 18.2 Å². The summed E-state index contributed by atoms with van der Waals surface area (Å²) < 4.78 is 0. The first-order chi connectivity index (χ1) is 6.56. The first kappa shape index (κ1) is 11.2. The Morgan fingerprint density at radius 2 is 2.21 bits per heavy atom. The van der Waals surface area contributed by atoms with E-state index in [1.165, 1.54) is 0 Å². The Labute approximate surface area is 92.6 Å². The third-order valence-corrected chi connectivity index (χ3v) is 3.37. The molecule has 1 unspecified atom stereocenters. The van der Waals surface area contributed by atoms with E-state index in [0.29, 0.717) is 0 Å². The number of hydrogen-bond donors (Lipinski definition) is 1. The number of anilines is 1. The van der Waals surface area contributed by atoms with E-state index in [0.717, 1.165) is 23.2 Å². The lowest BCUT2D eigenvalue weighted by molar-refractivity contribution is -0.116.